The van der Waals surface area contributed by atoms with Crippen molar-refractivity contribution in [1.29, 1.82) is 0 Å². The number of aromatic nitrogens is 3. The number of aryl methyl sites for hydroxylation is 2. The highest BCUT2D eigenvalue weighted by Gasteiger charge is 2.26. The average molecular weight is 360 g/mol. The Bertz CT molecular complexity index is 734. The van der Waals surface area contributed by atoms with Crippen LogP contribution in [-0.2, 0) is 9.53 Å². The number of amides is 1. The molecule has 134 valence electrons. The van der Waals surface area contributed by atoms with Gasteiger partial charge in [0, 0.05) is 18.8 Å². The highest BCUT2D eigenvalue weighted by atomic mass is 32.2. The number of carbonyl (C=O) groups is 1. The minimum absolute atomic E-state index is 0.0798. The van der Waals surface area contributed by atoms with Gasteiger partial charge in [0.1, 0.15) is 5.82 Å². The summed E-state index contributed by atoms with van der Waals surface area (Å²) in [5, 5.41) is 9.16. The minimum atomic E-state index is 0.0798. The summed E-state index contributed by atoms with van der Waals surface area (Å²) in [7, 11) is 0. The first-order valence-electron chi connectivity index (χ1n) is 8.49. The Morgan fingerprint density at radius 1 is 1.16 bits per heavy atom. The lowest BCUT2D eigenvalue weighted by molar-refractivity contribution is -0.140. The molecule has 1 aromatic carbocycles. The summed E-state index contributed by atoms with van der Waals surface area (Å²) in [6.07, 6.45) is 0.160. The van der Waals surface area contributed by atoms with Crippen LogP contribution in [0.2, 0.25) is 0 Å². The van der Waals surface area contributed by atoms with Gasteiger partial charge in [0.15, 0.2) is 5.16 Å². The molecule has 1 fully saturated rings. The van der Waals surface area contributed by atoms with E-state index in [-0.39, 0.29) is 18.1 Å². The molecule has 1 amide bonds. The Hall–Kier alpha value is -1.86. The van der Waals surface area contributed by atoms with Crippen LogP contribution in [-0.4, -0.2) is 56.6 Å². The molecular formula is C18H24N4O2S. The Morgan fingerprint density at radius 3 is 2.44 bits per heavy atom. The van der Waals surface area contributed by atoms with Gasteiger partial charge in [0.05, 0.1) is 18.0 Å². The molecule has 0 radical (unpaired) electrons. The average Bonchev–Trinajstić information content (AvgIpc) is 2.93. The SMILES string of the molecule is Cc1ccc(-n2c(C)nnc2SCC(=O)N2CC(C)OC(C)C2)cc1. The number of hydrogen-bond acceptors (Lipinski definition) is 5. The van der Waals surface area contributed by atoms with Crippen LogP contribution < -0.4 is 0 Å². The van der Waals surface area contributed by atoms with E-state index >= 15 is 0 Å². The summed E-state index contributed by atoms with van der Waals surface area (Å²) in [6, 6.07) is 8.21. The molecule has 0 spiro atoms. The van der Waals surface area contributed by atoms with Crippen LogP contribution in [0.3, 0.4) is 0 Å². The molecule has 3 rings (SSSR count). The Balaban J connectivity index is 1.70. The summed E-state index contributed by atoms with van der Waals surface area (Å²) >= 11 is 1.43. The molecule has 1 saturated heterocycles. The number of morpholine rings is 1. The molecule has 0 aliphatic carbocycles. The van der Waals surface area contributed by atoms with Gasteiger partial charge in [-0.2, -0.15) is 0 Å². The third kappa shape index (κ3) is 4.22. The molecule has 6 nitrogen and oxygen atoms in total. The monoisotopic (exact) mass is 360 g/mol. The topological polar surface area (TPSA) is 60.2 Å². The van der Waals surface area contributed by atoms with Crippen molar-refractivity contribution in [2.75, 3.05) is 18.8 Å². The van der Waals surface area contributed by atoms with Crippen molar-refractivity contribution in [1.82, 2.24) is 19.7 Å². The number of hydrogen-bond donors (Lipinski definition) is 0. The summed E-state index contributed by atoms with van der Waals surface area (Å²) in [6.45, 7) is 9.27. The highest BCUT2D eigenvalue weighted by molar-refractivity contribution is 7.99. The fourth-order valence-corrected chi connectivity index (χ4v) is 3.93. The molecule has 0 N–H and O–H groups in total. The van der Waals surface area contributed by atoms with Gasteiger partial charge in [0.2, 0.25) is 5.91 Å². The van der Waals surface area contributed by atoms with Gasteiger partial charge < -0.3 is 9.64 Å². The second kappa shape index (κ2) is 7.58. The lowest BCUT2D eigenvalue weighted by Crippen LogP contribution is -2.48. The van der Waals surface area contributed by atoms with Gasteiger partial charge in [0.25, 0.3) is 0 Å². The predicted molar refractivity (Wildman–Crippen MR) is 98.1 cm³/mol. The Labute approximate surface area is 152 Å². The maximum atomic E-state index is 12.6. The number of carbonyl (C=O) groups excluding carboxylic acids is 1. The van der Waals surface area contributed by atoms with Crippen LogP contribution in [0.25, 0.3) is 5.69 Å². The van der Waals surface area contributed by atoms with E-state index in [0.717, 1.165) is 16.7 Å². The van der Waals surface area contributed by atoms with Crippen molar-refractivity contribution < 1.29 is 9.53 Å². The smallest absolute Gasteiger partial charge is 0.233 e. The molecule has 2 atom stereocenters. The second-order valence-corrected chi connectivity index (χ2v) is 7.49. The fraction of sp³-hybridized carbons (Fsp3) is 0.500. The number of nitrogens with zero attached hydrogens (tertiary/aromatic N) is 4. The van der Waals surface area contributed by atoms with Crippen LogP contribution in [0.4, 0.5) is 0 Å². The number of ether oxygens (including phenoxy) is 1. The molecule has 0 bridgehead atoms. The summed E-state index contributed by atoms with van der Waals surface area (Å²) < 4.78 is 7.68. The van der Waals surface area contributed by atoms with E-state index in [1.807, 2.05) is 42.4 Å². The van der Waals surface area contributed by atoms with Crippen molar-refractivity contribution in [3.05, 3.63) is 35.7 Å². The van der Waals surface area contributed by atoms with E-state index in [1.165, 1.54) is 17.3 Å². The molecule has 2 heterocycles. The standard InChI is InChI=1S/C18H24N4O2S/c1-12-5-7-16(8-6-12)22-15(4)19-20-18(22)25-11-17(23)21-9-13(2)24-14(3)10-21/h5-8,13-14H,9-11H2,1-4H3. The van der Waals surface area contributed by atoms with Crippen molar-refractivity contribution in [2.24, 2.45) is 0 Å². The normalized spacial score (nSPS) is 20.7. The first kappa shape index (κ1) is 17.9. The summed E-state index contributed by atoms with van der Waals surface area (Å²) in [5.41, 5.74) is 2.21. The van der Waals surface area contributed by atoms with Gasteiger partial charge in [-0.05, 0) is 39.8 Å². The largest absolute Gasteiger partial charge is 0.372 e. The lowest BCUT2D eigenvalue weighted by atomic mass is 10.2. The second-order valence-electron chi connectivity index (χ2n) is 6.55. The van der Waals surface area contributed by atoms with Crippen molar-refractivity contribution in [3.63, 3.8) is 0 Å². The molecule has 1 aliphatic heterocycles. The van der Waals surface area contributed by atoms with Crippen LogP contribution in [0.5, 0.6) is 0 Å². The summed E-state index contributed by atoms with van der Waals surface area (Å²) in [5.74, 6) is 1.28. The molecule has 1 aromatic heterocycles. The fourth-order valence-electron chi connectivity index (χ4n) is 3.03. The van der Waals surface area contributed by atoms with Crippen LogP contribution in [0.15, 0.2) is 29.4 Å². The zero-order chi connectivity index (χ0) is 18.0. The first-order chi connectivity index (χ1) is 11.9. The molecule has 0 saturated carbocycles. The summed E-state index contributed by atoms with van der Waals surface area (Å²) in [4.78, 5) is 14.4. The van der Waals surface area contributed by atoms with Crippen molar-refractivity contribution >= 4 is 17.7 Å². The lowest BCUT2D eigenvalue weighted by Gasteiger charge is -2.35. The van der Waals surface area contributed by atoms with E-state index in [1.54, 1.807) is 0 Å². The van der Waals surface area contributed by atoms with E-state index in [4.69, 9.17) is 4.74 Å². The van der Waals surface area contributed by atoms with Gasteiger partial charge in [-0.15, -0.1) is 10.2 Å². The van der Waals surface area contributed by atoms with Crippen LogP contribution >= 0.6 is 11.8 Å². The zero-order valence-electron chi connectivity index (χ0n) is 15.1. The molecule has 7 heteroatoms. The van der Waals surface area contributed by atoms with Crippen LogP contribution in [0.1, 0.15) is 25.2 Å². The van der Waals surface area contributed by atoms with E-state index in [0.29, 0.717) is 18.8 Å². The molecule has 25 heavy (non-hydrogen) atoms. The number of thioether (sulfide) groups is 1. The van der Waals surface area contributed by atoms with Gasteiger partial charge >= 0.3 is 0 Å². The Morgan fingerprint density at radius 2 is 1.80 bits per heavy atom. The molecule has 2 unspecified atom stereocenters. The quantitative estimate of drug-likeness (QED) is 0.785. The number of benzene rings is 1. The number of rotatable bonds is 4. The maximum absolute atomic E-state index is 12.6. The third-order valence-electron chi connectivity index (χ3n) is 4.18. The molecular weight excluding hydrogens is 336 g/mol. The third-order valence-corrected chi connectivity index (χ3v) is 5.10. The van der Waals surface area contributed by atoms with Gasteiger partial charge in [-0.3, -0.25) is 9.36 Å². The van der Waals surface area contributed by atoms with Crippen molar-refractivity contribution in [3.8, 4) is 5.69 Å². The predicted octanol–water partition coefficient (Wildman–Crippen LogP) is 2.61. The molecule has 2 aromatic rings. The van der Waals surface area contributed by atoms with Crippen molar-refractivity contribution in [2.45, 2.75) is 45.1 Å². The highest BCUT2D eigenvalue weighted by Crippen LogP contribution is 2.23. The zero-order valence-corrected chi connectivity index (χ0v) is 15.9. The van der Waals surface area contributed by atoms with E-state index in [2.05, 4.69) is 29.3 Å². The minimum Gasteiger partial charge on any atom is -0.372 e. The van der Waals surface area contributed by atoms with Gasteiger partial charge in [-0.25, -0.2) is 0 Å². The first-order valence-corrected chi connectivity index (χ1v) is 9.47. The van der Waals surface area contributed by atoms with Crippen LogP contribution in [0, 0.1) is 13.8 Å². The molecule has 1 aliphatic rings. The van der Waals surface area contributed by atoms with E-state index in [9.17, 15) is 4.79 Å². The maximum Gasteiger partial charge on any atom is 0.233 e. The van der Waals surface area contributed by atoms with E-state index < -0.39 is 0 Å². The Kier molecular flexibility index (Phi) is 5.44. The van der Waals surface area contributed by atoms with Gasteiger partial charge in [-0.1, -0.05) is 29.5 Å².